The standard InChI is InChI=1S/C17H18ClNO4/c1-21-13-4-6-14(7-5-13)23-10-9-17(20)19-12-3-8-16(22-2)15(18)11-12/h3-8,11H,9-10H2,1-2H3,(H,19,20). The quantitative estimate of drug-likeness (QED) is 0.837. The molecule has 0 aliphatic rings. The summed E-state index contributed by atoms with van der Waals surface area (Å²) < 4.78 is 15.6. The van der Waals surface area contributed by atoms with Crippen molar-refractivity contribution in [1.82, 2.24) is 0 Å². The van der Waals surface area contributed by atoms with Crippen LogP contribution in [0.25, 0.3) is 0 Å². The molecule has 122 valence electrons. The Morgan fingerprint density at radius 2 is 1.74 bits per heavy atom. The topological polar surface area (TPSA) is 56.8 Å². The van der Waals surface area contributed by atoms with Crippen molar-refractivity contribution in [3.63, 3.8) is 0 Å². The fourth-order valence-electron chi connectivity index (χ4n) is 1.90. The second-order valence-electron chi connectivity index (χ2n) is 4.67. The highest BCUT2D eigenvalue weighted by Gasteiger charge is 2.06. The summed E-state index contributed by atoms with van der Waals surface area (Å²) in [4.78, 5) is 11.9. The molecule has 0 fully saturated rings. The molecular weight excluding hydrogens is 318 g/mol. The number of methoxy groups -OCH3 is 2. The van der Waals surface area contributed by atoms with Crippen LogP contribution in [0.4, 0.5) is 5.69 Å². The number of halogens is 1. The second-order valence-corrected chi connectivity index (χ2v) is 5.08. The Kier molecular flexibility index (Phi) is 6.11. The third-order valence-corrected chi connectivity index (χ3v) is 3.39. The molecule has 0 bridgehead atoms. The number of ether oxygens (including phenoxy) is 3. The first kappa shape index (κ1) is 17.0. The van der Waals surface area contributed by atoms with E-state index in [9.17, 15) is 4.79 Å². The average Bonchev–Trinajstić information content (AvgIpc) is 2.55. The third kappa shape index (κ3) is 5.07. The maximum absolute atomic E-state index is 11.9. The zero-order valence-electron chi connectivity index (χ0n) is 13.0. The van der Waals surface area contributed by atoms with Gasteiger partial charge in [0.25, 0.3) is 0 Å². The molecule has 6 heteroatoms. The fraction of sp³-hybridized carbons (Fsp3) is 0.235. The van der Waals surface area contributed by atoms with Crippen LogP contribution < -0.4 is 19.5 Å². The summed E-state index contributed by atoms with van der Waals surface area (Å²) in [7, 11) is 3.14. The summed E-state index contributed by atoms with van der Waals surface area (Å²) in [6.45, 7) is 0.280. The van der Waals surface area contributed by atoms with Crippen LogP contribution in [0.1, 0.15) is 6.42 Å². The van der Waals surface area contributed by atoms with Gasteiger partial charge in [0.15, 0.2) is 0 Å². The average molecular weight is 336 g/mol. The minimum atomic E-state index is -0.153. The van der Waals surface area contributed by atoms with Crippen LogP contribution >= 0.6 is 11.6 Å². The number of benzene rings is 2. The molecule has 0 saturated carbocycles. The molecule has 0 spiro atoms. The van der Waals surface area contributed by atoms with Crippen molar-refractivity contribution in [2.24, 2.45) is 0 Å². The Balaban J connectivity index is 1.79. The molecule has 1 amide bonds. The second kappa shape index (κ2) is 8.29. The van der Waals surface area contributed by atoms with E-state index in [-0.39, 0.29) is 18.9 Å². The van der Waals surface area contributed by atoms with Crippen molar-refractivity contribution in [1.29, 1.82) is 0 Å². The van der Waals surface area contributed by atoms with Crippen LogP contribution in [0.15, 0.2) is 42.5 Å². The largest absolute Gasteiger partial charge is 0.497 e. The zero-order chi connectivity index (χ0) is 16.7. The van der Waals surface area contributed by atoms with Gasteiger partial charge in [0, 0.05) is 5.69 Å². The van der Waals surface area contributed by atoms with E-state index < -0.39 is 0 Å². The van der Waals surface area contributed by atoms with Gasteiger partial charge in [0.1, 0.15) is 17.2 Å². The molecule has 5 nitrogen and oxygen atoms in total. The van der Waals surface area contributed by atoms with Crippen LogP contribution in [-0.2, 0) is 4.79 Å². The van der Waals surface area contributed by atoms with Gasteiger partial charge in [-0.1, -0.05) is 11.6 Å². The summed E-state index contributed by atoms with van der Waals surface area (Å²) >= 11 is 6.01. The van der Waals surface area contributed by atoms with Crippen molar-refractivity contribution in [2.45, 2.75) is 6.42 Å². The number of carbonyl (C=O) groups excluding carboxylic acids is 1. The first-order valence-electron chi connectivity index (χ1n) is 7.02. The molecule has 2 rings (SSSR count). The Morgan fingerprint density at radius 1 is 1.04 bits per heavy atom. The summed E-state index contributed by atoms with van der Waals surface area (Å²) in [5, 5.41) is 3.20. The minimum absolute atomic E-state index is 0.153. The van der Waals surface area contributed by atoms with Crippen molar-refractivity contribution >= 4 is 23.2 Å². The van der Waals surface area contributed by atoms with E-state index in [0.717, 1.165) is 5.75 Å². The van der Waals surface area contributed by atoms with Crippen LogP contribution in [0.5, 0.6) is 17.2 Å². The van der Waals surface area contributed by atoms with Crippen molar-refractivity contribution in [3.8, 4) is 17.2 Å². The number of hydrogen-bond donors (Lipinski definition) is 1. The lowest BCUT2D eigenvalue weighted by Gasteiger charge is -2.09. The lowest BCUT2D eigenvalue weighted by Crippen LogP contribution is -2.15. The normalized spacial score (nSPS) is 10.0. The van der Waals surface area contributed by atoms with Crippen LogP contribution in [0.3, 0.4) is 0 Å². The first-order chi connectivity index (χ1) is 11.1. The van der Waals surface area contributed by atoms with Crippen molar-refractivity contribution in [3.05, 3.63) is 47.5 Å². The summed E-state index contributed by atoms with van der Waals surface area (Å²) in [6, 6.07) is 12.3. The van der Waals surface area contributed by atoms with E-state index in [4.69, 9.17) is 25.8 Å². The van der Waals surface area contributed by atoms with Crippen molar-refractivity contribution < 1.29 is 19.0 Å². The molecule has 0 aliphatic carbocycles. The Morgan fingerprint density at radius 3 is 2.35 bits per heavy atom. The highest BCUT2D eigenvalue weighted by Crippen LogP contribution is 2.27. The maximum Gasteiger partial charge on any atom is 0.227 e. The van der Waals surface area contributed by atoms with Gasteiger partial charge in [-0.15, -0.1) is 0 Å². The first-order valence-corrected chi connectivity index (χ1v) is 7.40. The van der Waals surface area contributed by atoms with Gasteiger partial charge >= 0.3 is 0 Å². The number of anilines is 1. The van der Waals surface area contributed by atoms with Gasteiger partial charge in [-0.3, -0.25) is 4.79 Å². The number of hydrogen-bond acceptors (Lipinski definition) is 4. The highest BCUT2D eigenvalue weighted by atomic mass is 35.5. The van der Waals surface area contributed by atoms with Gasteiger partial charge in [-0.25, -0.2) is 0 Å². The lowest BCUT2D eigenvalue weighted by molar-refractivity contribution is -0.116. The molecule has 0 radical (unpaired) electrons. The molecule has 0 heterocycles. The van der Waals surface area contributed by atoms with E-state index >= 15 is 0 Å². The van der Waals surface area contributed by atoms with E-state index in [1.807, 2.05) is 0 Å². The molecule has 0 aliphatic heterocycles. The fourth-order valence-corrected chi connectivity index (χ4v) is 2.16. The van der Waals surface area contributed by atoms with Crippen LogP contribution in [-0.4, -0.2) is 26.7 Å². The summed E-state index contributed by atoms with van der Waals surface area (Å²) in [6.07, 6.45) is 0.232. The van der Waals surface area contributed by atoms with Crippen molar-refractivity contribution in [2.75, 3.05) is 26.1 Å². The van der Waals surface area contributed by atoms with Gasteiger partial charge in [-0.05, 0) is 42.5 Å². The van der Waals surface area contributed by atoms with E-state index in [1.54, 1.807) is 49.6 Å². The molecule has 0 saturated heterocycles. The predicted octanol–water partition coefficient (Wildman–Crippen LogP) is 3.76. The zero-order valence-corrected chi connectivity index (χ0v) is 13.7. The summed E-state index contributed by atoms with van der Waals surface area (Å²) in [5.74, 6) is 1.85. The molecule has 0 aromatic heterocycles. The Hall–Kier alpha value is -2.40. The van der Waals surface area contributed by atoms with Crippen LogP contribution in [0, 0.1) is 0 Å². The smallest absolute Gasteiger partial charge is 0.227 e. The molecule has 0 atom stereocenters. The molecule has 23 heavy (non-hydrogen) atoms. The predicted molar refractivity (Wildman–Crippen MR) is 89.7 cm³/mol. The van der Waals surface area contributed by atoms with E-state index in [2.05, 4.69) is 5.32 Å². The molecule has 2 aromatic rings. The molecule has 1 N–H and O–H groups in total. The summed E-state index contributed by atoms with van der Waals surface area (Å²) in [5.41, 5.74) is 0.616. The highest BCUT2D eigenvalue weighted by molar-refractivity contribution is 6.32. The number of nitrogens with one attached hydrogen (secondary N) is 1. The van der Waals surface area contributed by atoms with Gasteiger partial charge in [0.05, 0.1) is 32.3 Å². The Labute approximate surface area is 140 Å². The van der Waals surface area contributed by atoms with E-state index in [1.165, 1.54) is 7.11 Å². The monoisotopic (exact) mass is 335 g/mol. The third-order valence-electron chi connectivity index (χ3n) is 3.09. The maximum atomic E-state index is 11.9. The number of amides is 1. The molecule has 2 aromatic carbocycles. The Bertz CT molecular complexity index is 658. The van der Waals surface area contributed by atoms with Gasteiger partial charge in [0.2, 0.25) is 5.91 Å². The molecule has 0 unspecified atom stereocenters. The lowest BCUT2D eigenvalue weighted by atomic mass is 10.3. The SMILES string of the molecule is COc1ccc(OCCC(=O)Nc2ccc(OC)c(Cl)c2)cc1. The van der Waals surface area contributed by atoms with E-state index in [0.29, 0.717) is 22.2 Å². The van der Waals surface area contributed by atoms with Gasteiger partial charge < -0.3 is 19.5 Å². The molecular formula is C17H18ClNO4. The number of carbonyl (C=O) groups is 1. The van der Waals surface area contributed by atoms with Crippen LogP contribution in [0.2, 0.25) is 5.02 Å². The van der Waals surface area contributed by atoms with Gasteiger partial charge in [-0.2, -0.15) is 0 Å². The minimum Gasteiger partial charge on any atom is -0.497 e. The number of rotatable bonds is 7.